The van der Waals surface area contributed by atoms with E-state index >= 15 is 0 Å². The Kier molecular flexibility index (Phi) is 4.39. The lowest BCUT2D eigenvalue weighted by molar-refractivity contribution is -0.134. The first kappa shape index (κ1) is 13.8. The smallest absolute Gasteiger partial charge is 0.244 e. The van der Waals surface area contributed by atoms with Gasteiger partial charge in [0.25, 0.3) is 0 Å². The highest BCUT2D eigenvalue weighted by atomic mass is 16.5. The molecule has 1 aliphatic rings. The minimum atomic E-state index is -0.612. The summed E-state index contributed by atoms with van der Waals surface area (Å²) >= 11 is 0. The van der Waals surface area contributed by atoms with Crippen LogP contribution in [0.1, 0.15) is 11.6 Å². The Balaban J connectivity index is 2.05. The standard InChI is InChI=1S/C14H21N3O2/c1-16-6-8-17(9-7-16)14(18)13(15)11-4-3-5-12(10-11)19-2/h3-5,10,13H,6-9,15H2,1-2H3. The van der Waals surface area contributed by atoms with Gasteiger partial charge in [-0.1, -0.05) is 12.1 Å². The molecule has 5 nitrogen and oxygen atoms in total. The van der Waals surface area contributed by atoms with Crippen molar-refractivity contribution in [2.45, 2.75) is 6.04 Å². The first-order valence-corrected chi connectivity index (χ1v) is 6.48. The second kappa shape index (κ2) is 6.04. The number of methoxy groups -OCH3 is 1. The van der Waals surface area contributed by atoms with E-state index in [0.29, 0.717) is 0 Å². The highest BCUT2D eigenvalue weighted by molar-refractivity contribution is 5.83. The molecule has 1 aromatic carbocycles. The van der Waals surface area contributed by atoms with E-state index in [9.17, 15) is 4.79 Å². The summed E-state index contributed by atoms with van der Waals surface area (Å²) in [6, 6.07) is 6.76. The maximum Gasteiger partial charge on any atom is 0.244 e. The lowest BCUT2D eigenvalue weighted by Gasteiger charge is -2.34. The number of hydrogen-bond acceptors (Lipinski definition) is 4. The molecule has 1 aliphatic heterocycles. The van der Waals surface area contributed by atoms with Crippen molar-refractivity contribution in [3.05, 3.63) is 29.8 Å². The van der Waals surface area contributed by atoms with Crippen LogP contribution in [0.2, 0.25) is 0 Å². The van der Waals surface area contributed by atoms with Gasteiger partial charge in [0.2, 0.25) is 5.91 Å². The molecule has 2 N–H and O–H groups in total. The summed E-state index contributed by atoms with van der Waals surface area (Å²) in [5.41, 5.74) is 6.86. The van der Waals surface area contributed by atoms with Gasteiger partial charge in [-0.15, -0.1) is 0 Å². The zero-order valence-electron chi connectivity index (χ0n) is 11.5. The first-order chi connectivity index (χ1) is 9.11. The van der Waals surface area contributed by atoms with E-state index in [1.54, 1.807) is 7.11 Å². The number of carbonyl (C=O) groups excluding carboxylic acids is 1. The fourth-order valence-corrected chi connectivity index (χ4v) is 2.20. The Morgan fingerprint density at radius 2 is 2.00 bits per heavy atom. The molecule has 0 spiro atoms. The van der Waals surface area contributed by atoms with Crippen molar-refractivity contribution >= 4 is 5.91 Å². The molecule has 5 heteroatoms. The van der Waals surface area contributed by atoms with Gasteiger partial charge < -0.3 is 20.3 Å². The average Bonchev–Trinajstić information content (AvgIpc) is 2.46. The molecule has 1 aromatic rings. The zero-order chi connectivity index (χ0) is 13.8. The molecular formula is C14H21N3O2. The van der Waals surface area contributed by atoms with E-state index in [1.807, 2.05) is 29.2 Å². The Labute approximate surface area is 113 Å². The molecule has 104 valence electrons. The Morgan fingerprint density at radius 1 is 1.32 bits per heavy atom. The number of rotatable bonds is 3. The molecule has 0 aromatic heterocycles. The van der Waals surface area contributed by atoms with Gasteiger partial charge in [0.15, 0.2) is 0 Å². The number of hydrogen-bond donors (Lipinski definition) is 1. The molecule has 0 saturated carbocycles. The summed E-state index contributed by atoms with van der Waals surface area (Å²) in [4.78, 5) is 16.4. The minimum absolute atomic E-state index is 0.0126. The number of benzene rings is 1. The summed E-state index contributed by atoms with van der Waals surface area (Å²) < 4.78 is 5.16. The largest absolute Gasteiger partial charge is 0.497 e. The minimum Gasteiger partial charge on any atom is -0.497 e. The number of ether oxygens (including phenoxy) is 1. The van der Waals surface area contributed by atoms with Gasteiger partial charge in [0.05, 0.1) is 7.11 Å². The van der Waals surface area contributed by atoms with Crippen LogP contribution in [0.3, 0.4) is 0 Å². The number of likely N-dealkylation sites (N-methyl/N-ethyl adjacent to an activating group) is 1. The molecule has 1 heterocycles. The molecule has 0 bridgehead atoms. The predicted octanol–water partition coefficient (Wildman–Crippen LogP) is 0.469. The predicted molar refractivity (Wildman–Crippen MR) is 74.0 cm³/mol. The van der Waals surface area contributed by atoms with Gasteiger partial charge >= 0.3 is 0 Å². The van der Waals surface area contributed by atoms with E-state index in [2.05, 4.69) is 11.9 Å². The van der Waals surface area contributed by atoms with E-state index in [4.69, 9.17) is 10.5 Å². The maximum atomic E-state index is 12.3. The summed E-state index contributed by atoms with van der Waals surface area (Å²) in [5, 5.41) is 0. The molecule has 1 atom stereocenters. The van der Waals surface area contributed by atoms with E-state index in [-0.39, 0.29) is 5.91 Å². The van der Waals surface area contributed by atoms with Gasteiger partial charge in [-0.05, 0) is 24.7 Å². The van der Waals surface area contributed by atoms with Gasteiger partial charge in [-0.2, -0.15) is 0 Å². The van der Waals surface area contributed by atoms with Crippen molar-refractivity contribution in [1.82, 2.24) is 9.80 Å². The second-order valence-electron chi connectivity index (χ2n) is 4.88. The number of piperazine rings is 1. The SMILES string of the molecule is COc1cccc(C(N)C(=O)N2CCN(C)CC2)c1. The quantitative estimate of drug-likeness (QED) is 0.861. The molecule has 1 fully saturated rings. The fourth-order valence-electron chi connectivity index (χ4n) is 2.20. The van der Waals surface area contributed by atoms with Crippen molar-refractivity contribution in [2.75, 3.05) is 40.3 Å². The summed E-state index contributed by atoms with van der Waals surface area (Å²) in [5.74, 6) is 0.709. The molecule has 1 unspecified atom stereocenters. The highest BCUT2D eigenvalue weighted by Crippen LogP contribution is 2.19. The highest BCUT2D eigenvalue weighted by Gasteiger charge is 2.25. The average molecular weight is 263 g/mol. The Bertz CT molecular complexity index is 442. The van der Waals surface area contributed by atoms with Crippen LogP contribution in [0.4, 0.5) is 0 Å². The lowest BCUT2D eigenvalue weighted by atomic mass is 10.1. The summed E-state index contributed by atoms with van der Waals surface area (Å²) in [6.45, 7) is 3.28. The molecule has 2 rings (SSSR count). The number of nitrogens with two attached hydrogens (primary N) is 1. The van der Waals surface area contributed by atoms with Crippen molar-refractivity contribution in [3.8, 4) is 5.75 Å². The normalized spacial score (nSPS) is 18.2. The third-order valence-electron chi connectivity index (χ3n) is 3.53. The Morgan fingerprint density at radius 3 is 2.63 bits per heavy atom. The number of nitrogens with zero attached hydrogens (tertiary/aromatic N) is 2. The Hall–Kier alpha value is -1.59. The molecule has 1 saturated heterocycles. The topological polar surface area (TPSA) is 58.8 Å². The second-order valence-corrected chi connectivity index (χ2v) is 4.88. The van der Waals surface area contributed by atoms with Gasteiger partial charge in [0.1, 0.15) is 11.8 Å². The van der Waals surface area contributed by atoms with Crippen LogP contribution in [0.25, 0.3) is 0 Å². The third kappa shape index (κ3) is 3.24. The van der Waals surface area contributed by atoms with E-state index < -0.39 is 6.04 Å². The van der Waals surface area contributed by atoms with Crippen molar-refractivity contribution in [2.24, 2.45) is 5.73 Å². The number of amides is 1. The molecule has 19 heavy (non-hydrogen) atoms. The van der Waals surface area contributed by atoms with Crippen LogP contribution >= 0.6 is 0 Å². The van der Waals surface area contributed by atoms with Crippen LogP contribution in [-0.4, -0.2) is 56.0 Å². The van der Waals surface area contributed by atoms with Gasteiger partial charge in [-0.25, -0.2) is 0 Å². The lowest BCUT2D eigenvalue weighted by Crippen LogP contribution is -2.49. The van der Waals surface area contributed by atoms with Crippen LogP contribution in [0.5, 0.6) is 5.75 Å². The summed E-state index contributed by atoms with van der Waals surface area (Å²) in [6.07, 6.45) is 0. The summed E-state index contributed by atoms with van der Waals surface area (Å²) in [7, 11) is 3.66. The fraction of sp³-hybridized carbons (Fsp3) is 0.500. The molecule has 0 aliphatic carbocycles. The monoisotopic (exact) mass is 263 g/mol. The molecule has 0 radical (unpaired) electrons. The van der Waals surface area contributed by atoms with Crippen molar-refractivity contribution in [1.29, 1.82) is 0 Å². The van der Waals surface area contributed by atoms with Gasteiger partial charge in [0, 0.05) is 26.2 Å². The van der Waals surface area contributed by atoms with E-state index in [0.717, 1.165) is 37.5 Å². The first-order valence-electron chi connectivity index (χ1n) is 6.48. The molecule has 1 amide bonds. The molecular weight excluding hydrogens is 242 g/mol. The van der Waals surface area contributed by atoms with Crippen LogP contribution in [0, 0.1) is 0 Å². The van der Waals surface area contributed by atoms with Crippen molar-refractivity contribution < 1.29 is 9.53 Å². The van der Waals surface area contributed by atoms with Crippen LogP contribution in [0.15, 0.2) is 24.3 Å². The third-order valence-corrected chi connectivity index (χ3v) is 3.53. The van der Waals surface area contributed by atoms with Crippen LogP contribution in [-0.2, 0) is 4.79 Å². The zero-order valence-corrected chi connectivity index (χ0v) is 11.5. The van der Waals surface area contributed by atoms with Crippen molar-refractivity contribution in [3.63, 3.8) is 0 Å². The maximum absolute atomic E-state index is 12.3. The van der Waals surface area contributed by atoms with Gasteiger partial charge in [-0.3, -0.25) is 4.79 Å². The number of carbonyl (C=O) groups is 1. The van der Waals surface area contributed by atoms with E-state index in [1.165, 1.54) is 0 Å². The van der Waals surface area contributed by atoms with Crippen LogP contribution < -0.4 is 10.5 Å².